The van der Waals surface area contributed by atoms with Crippen LogP contribution in [0.3, 0.4) is 0 Å². The first-order valence-corrected chi connectivity index (χ1v) is 7.54. The molecule has 0 saturated heterocycles. The van der Waals surface area contributed by atoms with Gasteiger partial charge in [-0.2, -0.15) is 0 Å². The second-order valence-corrected chi connectivity index (χ2v) is 5.72. The molecule has 0 radical (unpaired) electrons. The van der Waals surface area contributed by atoms with E-state index in [1.807, 2.05) is 42.6 Å². The van der Waals surface area contributed by atoms with Gasteiger partial charge in [-0.05, 0) is 18.9 Å². The third kappa shape index (κ3) is 5.46. The summed E-state index contributed by atoms with van der Waals surface area (Å²) < 4.78 is 0. The number of carbonyl (C=O) groups is 1. The fraction of sp³-hybridized carbons (Fsp3) is 0.333. The summed E-state index contributed by atoms with van der Waals surface area (Å²) in [7, 11) is 0. The molecular formula is C15H20ClN3OS. The van der Waals surface area contributed by atoms with Crippen LogP contribution in [0.2, 0.25) is 0 Å². The Morgan fingerprint density at radius 2 is 2.10 bits per heavy atom. The number of nitrogens with two attached hydrogens (primary N) is 1. The second kappa shape index (κ2) is 8.77. The van der Waals surface area contributed by atoms with E-state index in [-0.39, 0.29) is 30.4 Å². The summed E-state index contributed by atoms with van der Waals surface area (Å²) in [6, 6.07) is 9.73. The molecule has 1 heterocycles. The molecule has 0 bridgehead atoms. The Morgan fingerprint density at radius 3 is 2.67 bits per heavy atom. The topological polar surface area (TPSA) is 68.0 Å². The van der Waals surface area contributed by atoms with Crippen LogP contribution in [-0.4, -0.2) is 16.9 Å². The van der Waals surface area contributed by atoms with Crippen molar-refractivity contribution in [3.05, 3.63) is 52.5 Å². The summed E-state index contributed by atoms with van der Waals surface area (Å²) >= 11 is 1.54. The lowest BCUT2D eigenvalue weighted by atomic mass is 10.1. The van der Waals surface area contributed by atoms with Gasteiger partial charge in [-0.25, -0.2) is 4.98 Å². The number of amides is 1. The first-order valence-electron chi connectivity index (χ1n) is 6.66. The molecule has 1 amide bonds. The lowest BCUT2D eigenvalue weighted by Gasteiger charge is -2.17. The number of thiazole rings is 1. The summed E-state index contributed by atoms with van der Waals surface area (Å²) in [5.41, 5.74) is 6.73. The van der Waals surface area contributed by atoms with Gasteiger partial charge in [0.25, 0.3) is 0 Å². The van der Waals surface area contributed by atoms with Gasteiger partial charge >= 0.3 is 0 Å². The highest BCUT2D eigenvalue weighted by atomic mass is 35.5. The molecular weight excluding hydrogens is 306 g/mol. The van der Waals surface area contributed by atoms with E-state index >= 15 is 0 Å². The van der Waals surface area contributed by atoms with Gasteiger partial charge in [-0.3, -0.25) is 4.79 Å². The largest absolute Gasteiger partial charge is 0.343 e. The second-order valence-electron chi connectivity index (χ2n) is 4.80. The maximum atomic E-state index is 12.0. The van der Waals surface area contributed by atoms with E-state index in [0.29, 0.717) is 12.8 Å². The lowest BCUT2D eigenvalue weighted by molar-refractivity contribution is -0.121. The minimum atomic E-state index is -0.184. The van der Waals surface area contributed by atoms with Crippen LogP contribution in [0.4, 0.5) is 0 Å². The maximum absolute atomic E-state index is 12.0. The molecule has 114 valence electrons. The highest BCUT2D eigenvalue weighted by Crippen LogP contribution is 2.23. The zero-order valence-corrected chi connectivity index (χ0v) is 13.5. The summed E-state index contributed by atoms with van der Waals surface area (Å²) in [6.07, 6.45) is 2.88. The summed E-state index contributed by atoms with van der Waals surface area (Å²) in [5, 5.41) is 5.85. The molecule has 2 atom stereocenters. The Balaban J connectivity index is 0.00000220. The van der Waals surface area contributed by atoms with E-state index in [1.54, 1.807) is 17.5 Å². The van der Waals surface area contributed by atoms with Crippen molar-refractivity contribution in [3.8, 4) is 0 Å². The van der Waals surface area contributed by atoms with Crippen LogP contribution >= 0.6 is 23.7 Å². The molecule has 0 aliphatic rings. The molecule has 0 fully saturated rings. The Labute approximate surface area is 135 Å². The van der Waals surface area contributed by atoms with Crippen molar-refractivity contribution in [1.82, 2.24) is 10.3 Å². The van der Waals surface area contributed by atoms with Crippen molar-refractivity contribution >= 4 is 29.7 Å². The number of nitrogens with zero attached hydrogens (tertiary/aromatic N) is 1. The minimum absolute atomic E-state index is 0. The Bertz CT molecular complexity index is 531. The predicted octanol–water partition coefficient (Wildman–Crippen LogP) is 2.90. The Morgan fingerprint density at radius 1 is 1.38 bits per heavy atom. The van der Waals surface area contributed by atoms with Crippen LogP contribution < -0.4 is 11.1 Å². The highest BCUT2D eigenvalue weighted by molar-refractivity contribution is 7.09. The van der Waals surface area contributed by atoms with Crippen molar-refractivity contribution < 1.29 is 4.79 Å². The minimum Gasteiger partial charge on any atom is -0.343 e. The van der Waals surface area contributed by atoms with Crippen LogP contribution in [0.1, 0.15) is 36.4 Å². The zero-order chi connectivity index (χ0) is 14.4. The molecule has 2 unspecified atom stereocenters. The van der Waals surface area contributed by atoms with Crippen molar-refractivity contribution in [2.45, 2.75) is 31.8 Å². The van der Waals surface area contributed by atoms with Gasteiger partial charge in [0, 0.05) is 24.0 Å². The average Bonchev–Trinajstić information content (AvgIpc) is 2.97. The standard InChI is InChI=1S/C15H19N3OS.ClH/c1-11(16)7-8-13(19)18-14(15-17-9-10-20-15)12-5-3-2-4-6-12;/h2-6,9-11,14H,7-8,16H2,1H3,(H,18,19);1H. The third-order valence-electron chi connectivity index (χ3n) is 2.96. The molecule has 1 aromatic heterocycles. The van der Waals surface area contributed by atoms with Gasteiger partial charge in [-0.1, -0.05) is 30.3 Å². The van der Waals surface area contributed by atoms with E-state index < -0.39 is 0 Å². The number of carbonyl (C=O) groups excluding carboxylic acids is 1. The number of hydrogen-bond acceptors (Lipinski definition) is 4. The first-order chi connectivity index (χ1) is 9.66. The first kappa shape index (κ1) is 17.6. The van der Waals surface area contributed by atoms with E-state index in [2.05, 4.69) is 10.3 Å². The summed E-state index contributed by atoms with van der Waals surface area (Å²) in [4.78, 5) is 16.4. The summed E-state index contributed by atoms with van der Waals surface area (Å²) in [6.45, 7) is 1.91. The van der Waals surface area contributed by atoms with E-state index in [0.717, 1.165) is 10.6 Å². The molecule has 6 heteroatoms. The van der Waals surface area contributed by atoms with E-state index in [1.165, 1.54) is 0 Å². The molecule has 1 aromatic carbocycles. The number of benzene rings is 1. The van der Waals surface area contributed by atoms with Gasteiger partial charge in [0.05, 0.1) is 0 Å². The van der Waals surface area contributed by atoms with Gasteiger partial charge in [-0.15, -0.1) is 23.7 Å². The molecule has 0 aliphatic heterocycles. The smallest absolute Gasteiger partial charge is 0.220 e. The molecule has 0 aliphatic carbocycles. The van der Waals surface area contributed by atoms with Crippen LogP contribution in [0.15, 0.2) is 41.9 Å². The highest BCUT2D eigenvalue weighted by Gasteiger charge is 2.18. The van der Waals surface area contributed by atoms with Gasteiger partial charge in [0.15, 0.2) is 0 Å². The number of rotatable bonds is 6. The third-order valence-corrected chi connectivity index (χ3v) is 3.80. The van der Waals surface area contributed by atoms with Gasteiger partial charge in [0.2, 0.25) is 5.91 Å². The van der Waals surface area contributed by atoms with Crippen molar-refractivity contribution in [1.29, 1.82) is 0 Å². The van der Waals surface area contributed by atoms with Crippen molar-refractivity contribution in [2.24, 2.45) is 5.73 Å². The lowest BCUT2D eigenvalue weighted by Crippen LogP contribution is -2.30. The predicted molar refractivity (Wildman–Crippen MR) is 88.7 cm³/mol. The van der Waals surface area contributed by atoms with E-state index in [9.17, 15) is 4.79 Å². The zero-order valence-electron chi connectivity index (χ0n) is 11.9. The molecule has 3 N–H and O–H groups in total. The molecule has 2 rings (SSSR count). The monoisotopic (exact) mass is 325 g/mol. The number of halogens is 1. The van der Waals surface area contributed by atoms with Crippen LogP contribution in [0, 0.1) is 0 Å². The maximum Gasteiger partial charge on any atom is 0.220 e. The number of nitrogens with one attached hydrogen (secondary N) is 1. The van der Waals surface area contributed by atoms with E-state index in [4.69, 9.17) is 5.73 Å². The fourth-order valence-electron chi connectivity index (χ4n) is 1.90. The summed E-state index contributed by atoms with van der Waals surface area (Å²) in [5.74, 6) is 0.00588. The fourth-order valence-corrected chi connectivity index (χ4v) is 2.62. The average molecular weight is 326 g/mol. The van der Waals surface area contributed by atoms with Crippen molar-refractivity contribution in [3.63, 3.8) is 0 Å². The quantitative estimate of drug-likeness (QED) is 0.858. The van der Waals surface area contributed by atoms with Gasteiger partial charge < -0.3 is 11.1 Å². The number of aromatic nitrogens is 1. The molecule has 0 saturated carbocycles. The molecule has 4 nitrogen and oxygen atoms in total. The molecule has 0 spiro atoms. The Kier molecular flexibility index (Phi) is 7.36. The molecule has 21 heavy (non-hydrogen) atoms. The number of hydrogen-bond donors (Lipinski definition) is 2. The normalized spacial score (nSPS) is 13.0. The van der Waals surface area contributed by atoms with Gasteiger partial charge in [0.1, 0.15) is 11.0 Å². The SMILES string of the molecule is CC(N)CCC(=O)NC(c1ccccc1)c1nccs1.Cl. The molecule has 2 aromatic rings. The van der Waals surface area contributed by atoms with Crippen molar-refractivity contribution in [2.75, 3.05) is 0 Å². The van der Waals surface area contributed by atoms with Crippen LogP contribution in [-0.2, 0) is 4.79 Å². The van der Waals surface area contributed by atoms with Crippen LogP contribution in [0.25, 0.3) is 0 Å². The Hall–Kier alpha value is -1.43. The van der Waals surface area contributed by atoms with Crippen LogP contribution in [0.5, 0.6) is 0 Å².